The van der Waals surface area contributed by atoms with E-state index in [1.165, 1.54) is 0 Å². The minimum Gasteiger partial charge on any atom is -0.483 e. The second-order valence-electron chi connectivity index (χ2n) is 5.14. The molecule has 0 spiro atoms. The molecule has 1 amide bonds. The summed E-state index contributed by atoms with van der Waals surface area (Å²) in [7, 11) is 0. The van der Waals surface area contributed by atoms with Crippen molar-refractivity contribution in [2.75, 3.05) is 6.61 Å². The lowest BCUT2D eigenvalue weighted by atomic mass is 10.0. The summed E-state index contributed by atoms with van der Waals surface area (Å²) in [6, 6.07) is 5.96. The van der Waals surface area contributed by atoms with E-state index in [0.29, 0.717) is 0 Å². The average Bonchev–Trinajstić information content (AvgIpc) is 2.36. The van der Waals surface area contributed by atoms with E-state index >= 15 is 0 Å². The molecule has 1 atom stereocenters. The first kappa shape index (κ1) is 17.0. The standard InChI is InChI=1S/C15H23BrN2O2/c1-4-13(17)8-11-7-12(16)5-6-14(11)20-9-15(19)18-10(2)3/h5-7,10,13H,4,8-9,17H2,1-3H3,(H,18,19). The summed E-state index contributed by atoms with van der Waals surface area (Å²) < 4.78 is 6.59. The Kier molecular flexibility index (Phi) is 7.02. The van der Waals surface area contributed by atoms with Gasteiger partial charge in [-0.25, -0.2) is 0 Å². The Morgan fingerprint density at radius 1 is 1.45 bits per heavy atom. The number of carbonyl (C=O) groups excluding carboxylic acids is 1. The molecule has 0 aromatic heterocycles. The Balaban J connectivity index is 2.71. The molecule has 112 valence electrons. The number of hydrogen-bond donors (Lipinski definition) is 2. The van der Waals surface area contributed by atoms with Crippen LogP contribution in [0.4, 0.5) is 0 Å². The summed E-state index contributed by atoms with van der Waals surface area (Å²) >= 11 is 3.45. The highest BCUT2D eigenvalue weighted by Gasteiger charge is 2.11. The smallest absolute Gasteiger partial charge is 0.258 e. The van der Waals surface area contributed by atoms with Gasteiger partial charge in [0.25, 0.3) is 5.91 Å². The van der Waals surface area contributed by atoms with Crippen molar-refractivity contribution in [3.63, 3.8) is 0 Å². The van der Waals surface area contributed by atoms with E-state index in [4.69, 9.17) is 10.5 Å². The predicted octanol–water partition coefficient (Wildman–Crippen LogP) is 2.63. The van der Waals surface area contributed by atoms with Crippen molar-refractivity contribution in [2.45, 2.75) is 45.7 Å². The van der Waals surface area contributed by atoms with Crippen molar-refractivity contribution in [2.24, 2.45) is 5.73 Å². The van der Waals surface area contributed by atoms with Crippen molar-refractivity contribution in [3.8, 4) is 5.75 Å². The molecular weight excluding hydrogens is 320 g/mol. The maximum atomic E-state index is 11.6. The molecule has 5 heteroatoms. The normalized spacial score (nSPS) is 12.3. The van der Waals surface area contributed by atoms with Gasteiger partial charge in [0.2, 0.25) is 0 Å². The lowest BCUT2D eigenvalue weighted by Gasteiger charge is -2.15. The Bertz CT molecular complexity index is 449. The fraction of sp³-hybridized carbons (Fsp3) is 0.533. The molecular formula is C15H23BrN2O2. The van der Waals surface area contributed by atoms with Crippen molar-refractivity contribution in [1.29, 1.82) is 0 Å². The maximum Gasteiger partial charge on any atom is 0.258 e. The molecule has 4 nitrogen and oxygen atoms in total. The largest absolute Gasteiger partial charge is 0.483 e. The van der Waals surface area contributed by atoms with Gasteiger partial charge in [-0.05, 0) is 50.5 Å². The van der Waals surface area contributed by atoms with Crippen molar-refractivity contribution in [3.05, 3.63) is 28.2 Å². The first-order chi connectivity index (χ1) is 9.42. The Morgan fingerprint density at radius 2 is 2.15 bits per heavy atom. The number of rotatable bonds is 7. The SMILES string of the molecule is CCC(N)Cc1cc(Br)ccc1OCC(=O)NC(C)C. The number of halogens is 1. The van der Waals surface area contributed by atoms with Crippen LogP contribution < -0.4 is 15.8 Å². The topological polar surface area (TPSA) is 64.3 Å². The molecule has 20 heavy (non-hydrogen) atoms. The van der Waals surface area contributed by atoms with E-state index in [9.17, 15) is 4.79 Å². The van der Waals surface area contributed by atoms with E-state index in [2.05, 4.69) is 28.2 Å². The monoisotopic (exact) mass is 342 g/mol. The van der Waals surface area contributed by atoms with Gasteiger partial charge in [-0.1, -0.05) is 22.9 Å². The second-order valence-corrected chi connectivity index (χ2v) is 6.05. The van der Waals surface area contributed by atoms with Crippen LogP contribution in [0.1, 0.15) is 32.8 Å². The predicted molar refractivity (Wildman–Crippen MR) is 84.9 cm³/mol. The summed E-state index contributed by atoms with van der Waals surface area (Å²) in [6.45, 7) is 5.92. The zero-order chi connectivity index (χ0) is 15.1. The van der Waals surface area contributed by atoms with Gasteiger partial charge in [0, 0.05) is 16.6 Å². The maximum absolute atomic E-state index is 11.6. The van der Waals surface area contributed by atoms with E-state index in [0.717, 1.165) is 28.6 Å². The van der Waals surface area contributed by atoms with Crippen molar-refractivity contribution < 1.29 is 9.53 Å². The quantitative estimate of drug-likeness (QED) is 0.800. The minimum atomic E-state index is -0.117. The van der Waals surface area contributed by atoms with Gasteiger partial charge in [0.1, 0.15) is 5.75 Å². The van der Waals surface area contributed by atoms with Gasteiger partial charge in [-0.2, -0.15) is 0 Å². The number of amides is 1. The highest BCUT2D eigenvalue weighted by Crippen LogP contribution is 2.24. The molecule has 0 fully saturated rings. The molecule has 1 rings (SSSR count). The summed E-state index contributed by atoms with van der Waals surface area (Å²) in [5.41, 5.74) is 7.02. The summed E-state index contributed by atoms with van der Waals surface area (Å²) in [4.78, 5) is 11.6. The fourth-order valence-electron chi connectivity index (χ4n) is 1.78. The van der Waals surface area contributed by atoms with Gasteiger partial charge in [0.15, 0.2) is 6.61 Å². The molecule has 0 aliphatic carbocycles. The van der Waals surface area contributed by atoms with Crippen LogP contribution in [0.25, 0.3) is 0 Å². The van der Waals surface area contributed by atoms with E-state index in [1.807, 2.05) is 32.0 Å². The molecule has 0 aliphatic rings. The zero-order valence-corrected chi connectivity index (χ0v) is 13.9. The molecule has 0 saturated heterocycles. The molecule has 1 aromatic rings. The van der Waals surface area contributed by atoms with E-state index < -0.39 is 0 Å². The van der Waals surface area contributed by atoms with Gasteiger partial charge in [0.05, 0.1) is 0 Å². The lowest BCUT2D eigenvalue weighted by Crippen LogP contribution is -2.34. The first-order valence-electron chi connectivity index (χ1n) is 6.88. The lowest BCUT2D eigenvalue weighted by molar-refractivity contribution is -0.123. The number of benzene rings is 1. The third kappa shape index (κ3) is 5.92. The van der Waals surface area contributed by atoms with E-state index in [-0.39, 0.29) is 24.6 Å². The highest BCUT2D eigenvalue weighted by atomic mass is 79.9. The Morgan fingerprint density at radius 3 is 2.75 bits per heavy atom. The van der Waals surface area contributed by atoms with Gasteiger partial charge >= 0.3 is 0 Å². The van der Waals surface area contributed by atoms with Crippen molar-refractivity contribution in [1.82, 2.24) is 5.32 Å². The Labute approximate surface area is 129 Å². The molecule has 0 aliphatic heterocycles. The molecule has 3 N–H and O–H groups in total. The number of nitrogens with two attached hydrogens (primary N) is 1. The highest BCUT2D eigenvalue weighted by molar-refractivity contribution is 9.10. The Hall–Kier alpha value is -1.07. The van der Waals surface area contributed by atoms with Crippen molar-refractivity contribution >= 4 is 21.8 Å². The van der Waals surface area contributed by atoms with Crippen LogP contribution in [0, 0.1) is 0 Å². The number of hydrogen-bond acceptors (Lipinski definition) is 3. The van der Waals surface area contributed by atoms with Crippen LogP contribution in [0.2, 0.25) is 0 Å². The van der Waals surface area contributed by atoms with Crippen LogP contribution in [-0.4, -0.2) is 24.6 Å². The van der Waals surface area contributed by atoms with Gasteiger partial charge < -0.3 is 15.8 Å². The number of nitrogens with one attached hydrogen (secondary N) is 1. The molecule has 0 heterocycles. The van der Waals surface area contributed by atoms with Crippen LogP contribution in [-0.2, 0) is 11.2 Å². The zero-order valence-electron chi connectivity index (χ0n) is 12.3. The average molecular weight is 343 g/mol. The molecule has 0 saturated carbocycles. The molecule has 1 unspecified atom stereocenters. The van der Waals surface area contributed by atoms with Crippen LogP contribution >= 0.6 is 15.9 Å². The molecule has 0 radical (unpaired) electrons. The van der Waals surface area contributed by atoms with Gasteiger partial charge in [-0.3, -0.25) is 4.79 Å². The minimum absolute atomic E-state index is 0.0220. The van der Waals surface area contributed by atoms with Gasteiger partial charge in [-0.15, -0.1) is 0 Å². The van der Waals surface area contributed by atoms with E-state index in [1.54, 1.807) is 0 Å². The van der Waals surface area contributed by atoms with Crippen LogP contribution in [0.15, 0.2) is 22.7 Å². The summed E-state index contributed by atoms with van der Waals surface area (Å²) in [5, 5.41) is 2.80. The van der Waals surface area contributed by atoms with Crippen LogP contribution in [0.3, 0.4) is 0 Å². The number of ether oxygens (including phenoxy) is 1. The summed E-state index contributed by atoms with van der Waals surface area (Å²) in [5.74, 6) is 0.602. The second kappa shape index (κ2) is 8.27. The fourth-order valence-corrected chi connectivity index (χ4v) is 2.19. The number of carbonyl (C=O) groups is 1. The van der Waals surface area contributed by atoms with Crippen LogP contribution in [0.5, 0.6) is 5.75 Å². The summed E-state index contributed by atoms with van der Waals surface area (Å²) in [6.07, 6.45) is 1.64. The molecule has 0 bridgehead atoms. The third-order valence-electron chi connectivity index (χ3n) is 2.84. The third-order valence-corrected chi connectivity index (χ3v) is 3.33. The molecule has 1 aromatic carbocycles. The first-order valence-corrected chi connectivity index (χ1v) is 7.67.